The maximum Gasteiger partial charge on any atom is 0.224 e. The third-order valence-electron chi connectivity index (χ3n) is 5.15. The average molecular weight is 371 g/mol. The topological polar surface area (TPSA) is 99.7 Å². The van der Waals surface area contributed by atoms with Crippen LogP contribution in [-0.4, -0.2) is 28.6 Å². The van der Waals surface area contributed by atoms with Crippen molar-refractivity contribution >= 4 is 23.4 Å². The largest absolute Gasteiger partial charge is 0.365 e. The van der Waals surface area contributed by atoms with Crippen LogP contribution in [0.15, 0.2) is 30.5 Å². The summed E-state index contributed by atoms with van der Waals surface area (Å²) in [5, 5.41) is 16.6. The fourth-order valence-corrected chi connectivity index (χ4v) is 3.25. The normalized spacial score (nSPS) is 20.7. The molecular weight excluding hydrogens is 348 g/mol. The summed E-state index contributed by atoms with van der Waals surface area (Å²) in [7, 11) is 0. The van der Waals surface area contributed by atoms with E-state index in [-0.39, 0.29) is 17.5 Å². The Morgan fingerprint density at radius 3 is 2.88 bits per heavy atom. The molecule has 0 amide bonds. The molecule has 6 nitrogen and oxygen atoms in total. The molecule has 26 heavy (non-hydrogen) atoms. The third kappa shape index (κ3) is 3.90. The first kappa shape index (κ1) is 18.4. The lowest BCUT2D eigenvalue weighted by Crippen LogP contribution is -2.61. The van der Waals surface area contributed by atoms with Crippen LogP contribution in [0, 0.1) is 16.7 Å². The van der Waals surface area contributed by atoms with E-state index in [1.807, 2.05) is 24.3 Å². The summed E-state index contributed by atoms with van der Waals surface area (Å²) in [5.41, 5.74) is 7.62. The predicted octanol–water partition coefficient (Wildman–Crippen LogP) is 3.19. The number of halogens is 1. The summed E-state index contributed by atoms with van der Waals surface area (Å²) >= 11 is 6.00. The highest BCUT2D eigenvalue weighted by Crippen LogP contribution is 2.41. The smallest absolute Gasteiger partial charge is 0.224 e. The molecule has 1 aromatic heterocycles. The molecule has 2 aromatic rings. The third-order valence-corrected chi connectivity index (χ3v) is 5.38. The van der Waals surface area contributed by atoms with Crippen molar-refractivity contribution in [1.82, 2.24) is 9.97 Å². The van der Waals surface area contributed by atoms with Crippen LogP contribution in [0.3, 0.4) is 0 Å². The second-order valence-electron chi connectivity index (χ2n) is 7.23. The van der Waals surface area contributed by atoms with Crippen LogP contribution in [0.25, 0.3) is 0 Å². The second kappa shape index (κ2) is 7.48. The van der Waals surface area contributed by atoms with E-state index in [0.717, 1.165) is 23.4 Å². The second-order valence-corrected chi connectivity index (χ2v) is 7.67. The van der Waals surface area contributed by atoms with Gasteiger partial charge in [0.05, 0.1) is 6.20 Å². The average Bonchev–Trinajstić information content (AvgIpc) is 2.62. The van der Waals surface area contributed by atoms with Gasteiger partial charge in [-0.1, -0.05) is 37.6 Å². The molecule has 1 unspecified atom stereocenters. The summed E-state index contributed by atoms with van der Waals surface area (Å²) in [4.78, 5) is 8.71. The van der Waals surface area contributed by atoms with E-state index in [2.05, 4.69) is 40.5 Å². The van der Waals surface area contributed by atoms with E-state index in [9.17, 15) is 5.26 Å². The number of rotatable bonds is 6. The van der Waals surface area contributed by atoms with Crippen molar-refractivity contribution in [3.8, 4) is 6.07 Å². The van der Waals surface area contributed by atoms with Gasteiger partial charge in [-0.2, -0.15) is 10.2 Å². The minimum atomic E-state index is -0.0299. The van der Waals surface area contributed by atoms with E-state index in [0.29, 0.717) is 23.9 Å². The molecule has 0 radical (unpaired) electrons. The predicted molar refractivity (Wildman–Crippen MR) is 104 cm³/mol. The molecule has 2 atom stereocenters. The fourth-order valence-electron chi connectivity index (χ4n) is 3.04. The Hall–Kier alpha value is -2.36. The van der Waals surface area contributed by atoms with Gasteiger partial charge >= 0.3 is 0 Å². The molecule has 3 rings (SSSR count). The van der Waals surface area contributed by atoms with Gasteiger partial charge in [0, 0.05) is 29.1 Å². The van der Waals surface area contributed by atoms with Crippen molar-refractivity contribution in [1.29, 1.82) is 5.26 Å². The quantitative estimate of drug-likeness (QED) is 0.722. The highest BCUT2D eigenvalue weighted by molar-refractivity contribution is 6.30. The fraction of sp³-hybridized carbons (Fsp3) is 0.421. The maximum absolute atomic E-state index is 9.32. The summed E-state index contributed by atoms with van der Waals surface area (Å²) in [6.07, 6.45) is 3.21. The molecule has 0 spiro atoms. The molecule has 1 aliphatic rings. The van der Waals surface area contributed by atoms with Crippen molar-refractivity contribution in [3.63, 3.8) is 0 Å². The molecule has 0 bridgehead atoms. The Kier molecular flexibility index (Phi) is 5.30. The summed E-state index contributed by atoms with van der Waals surface area (Å²) in [6, 6.07) is 10.3. The van der Waals surface area contributed by atoms with E-state index in [1.54, 1.807) is 6.20 Å². The number of hydrogen-bond acceptors (Lipinski definition) is 6. The van der Waals surface area contributed by atoms with Crippen LogP contribution in [0.5, 0.6) is 0 Å². The maximum atomic E-state index is 9.32. The number of nitrogens with two attached hydrogens (primary N) is 1. The minimum absolute atomic E-state index is 0.0299. The zero-order valence-corrected chi connectivity index (χ0v) is 15.7. The van der Waals surface area contributed by atoms with Crippen molar-refractivity contribution in [2.75, 3.05) is 17.2 Å². The van der Waals surface area contributed by atoms with E-state index >= 15 is 0 Å². The molecule has 1 aromatic carbocycles. The SMILES string of the molecule is CC1(C)C(N)C[C@@H]1Nc1nc(NCCc2cccc(Cl)c2)ncc1C#N. The standard InChI is InChI=1S/C19H23ClN6/c1-19(2)15(22)9-16(19)25-17-13(10-21)11-24-18(26-17)23-7-6-12-4-3-5-14(20)8-12/h3-5,8,11,15-16H,6-7,9,22H2,1-2H3,(H2,23,24,25,26)/t15?,16-/m0/s1. The van der Waals surface area contributed by atoms with Gasteiger partial charge in [-0.05, 0) is 30.5 Å². The Labute approximate surface area is 158 Å². The zero-order valence-electron chi connectivity index (χ0n) is 15.0. The van der Waals surface area contributed by atoms with E-state index < -0.39 is 0 Å². The molecule has 4 N–H and O–H groups in total. The molecule has 1 aliphatic carbocycles. The summed E-state index contributed by atoms with van der Waals surface area (Å²) in [6.45, 7) is 4.91. The van der Waals surface area contributed by atoms with Crippen molar-refractivity contribution in [3.05, 3.63) is 46.6 Å². The van der Waals surface area contributed by atoms with Gasteiger partial charge in [0.15, 0.2) is 0 Å². The van der Waals surface area contributed by atoms with Crippen LogP contribution < -0.4 is 16.4 Å². The van der Waals surface area contributed by atoms with Crippen molar-refractivity contribution < 1.29 is 0 Å². The van der Waals surface area contributed by atoms with Gasteiger partial charge in [0.1, 0.15) is 17.5 Å². The van der Waals surface area contributed by atoms with Gasteiger partial charge in [0.2, 0.25) is 5.95 Å². The number of nitrogens with zero attached hydrogens (tertiary/aromatic N) is 3. The molecule has 1 fully saturated rings. The zero-order chi connectivity index (χ0) is 18.7. The number of nitriles is 1. The Bertz CT molecular complexity index is 829. The van der Waals surface area contributed by atoms with Crippen LogP contribution in [-0.2, 0) is 6.42 Å². The first-order valence-corrected chi connectivity index (χ1v) is 9.05. The number of benzene rings is 1. The molecular formula is C19H23ClN6. The van der Waals surface area contributed by atoms with Crippen LogP contribution in [0.1, 0.15) is 31.4 Å². The lowest BCUT2D eigenvalue weighted by molar-refractivity contribution is 0.117. The first-order chi connectivity index (χ1) is 12.4. The van der Waals surface area contributed by atoms with Crippen molar-refractivity contribution in [2.45, 2.75) is 38.8 Å². The highest BCUT2D eigenvalue weighted by Gasteiger charge is 2.46. The number of aromatic nitrogens is 2. The van der Waals surface area contributed by atoms with Crippen LogP contribution >= 0.6 is 11.6 Å². The lowest BCUT2D eigenvalue weighted by atomic mass is 9.63. The van der Waals surface area contributed by atoms with Crippen LogP contribution in [0.2, 0.25) is 5.02 Å². The molecule has 1 saturated carbocycles. The van der Waals surface area contributed by atoms with Gasteiger partial charge in [0.25, 0.3) is 0 Å². The van der Waals surface area contributed by atoms with Gasteiger partial charge in [-0.15, -0.1) is 0 Å². The lowest BCUT2D eigenvalue weighted by Gasteiger charge is -2.50. The monoisotopic (exact) mass is 370 g/mol. The molecule has 7 heteroatoms. The van der Waals surface area contributed by atoms with Crippen LogP contribution in [0.4, 0.5) is 11.8 Å². The first-order valence-electron chi connectivity index (χ1n) is 8.67. The number of nitrogens with one attached hydrogen (secondary N) is 2. The molecule has 1 heterocycles. The summed E-state index contributed by atoms with van der Waals surface area (Å²) < 4.78 is 0. The molecule has 136 valence electrons. The Balaban J connectivity index is 1.65. The summed E-state index contributed by atoms with van der Waals surface area (Å²) in [5.74, 6) is 1.05. The minimum Gasteiger partial charge on any atom is -0.365 e. The van der Waals surface area contributed by atoms with Gasteiger partial charge in [-0.25, -0.2) is 4.98 Å². The Morgan fingerprint density at radius 1 is 1.42 bits per heavy atom. The van der Waals surface area contributed by atoms with E-state index in [4.69, 9.17) is 17.3 Å². The molecule has 0 saturated heterocycles. The molecule has 0 aliphatic heterocycles. The Morgan fingerprint density at radius 2 is 2.23 bits per heavy atom. The van der Waals surface area contributed by atoms with E-state index in [1.165, 1.54) is 0 Å². The number of anilines is 2. The number of hydrogen-bond donors (Lipinski definition) is 3. The highest BCUT2D eigenvalue weighted by atomic mass is 35.5. The van der Waals surface area contributed by atoms with Gasteiger partial charge in [-0.3, -0.25) is 0 Å². The van der Waals surface area contributed by atoms with Crippen molar-refractivity contribution in [2.24, 2.45) is 11.1 Å². The van der Waals surface area contributed by atoms with Gasteiger partial charge < -0.3 is 16.4 Å².